The molecule has 0 fully saturated rings. The maximum atomic E-state index is 11.7. The number of hydrogen-bond donors (Lipinski definition) is 0. The molecule has 0 saturated heterocycles. The number of aldehydes is 2. The van der Waals surface area contributed by atoms with Gasteiger partial charge < -0.3 is 18.9 Å². The molecule has 32 heavy (non-hydrogen) atoms. The van der Waals surface area contributed by atoms with E-state index in [9.17, 15) is 19.2 Å². The molecule has 0 aliphatic carbocycles. The van der Waals surface area contributed by atoms with Crippen LogP contribution in [0.3, 0.4) is 0 Å². The summed E-state index contributed by atoms with van der Waals surface area (Å²) in [7, 11) is 2.83. The van der Waals surface area contributed by atoms with Gasteiger partial charge in [-0.2, -0.15) is 0 Å². The van der Waals surface area contributed by atoms with Crippen LogP contribution < -0.4 is 18.9 Å². The van der Waals surface area contributed by atoms with Gasteiger partial charge in [0, 0.05) is 25.0 Å². The van der Waals surface area contributed by atoms with Gasteiger partial charge in [-0.3, -0.25) is 19.2 Å². The maximum Gasteiger partial charge on any atom is 0.308 e. The van der Waals surface area contributed by atoms with Crippen molar-refractivity contribution in [1.82, 2.24) is 0 Å². The zero-order valence-corrected chi connectivity index (χ0v) is 18.0. The molecule has 2 aromatic rings. The molecule has 2 aromatic carbocycles. The molecule has 0 aliphatic rings. The van der Waals surface area contributed by atoms with Gasteiger partial charge in [-0.15, -0.1) is 0 Å². The molecule has 2 rings (SSSR count). The van der Waals surface area contributed by atoms with Crippen LogP contribution in [0, 0.1) is 0 Å². The van der Waals surface area contributed by atoms with Crippen LogP contribution >= 0.6 is 0 Å². The molecule has 0 aliphatic heterocycles. The first-order valence-electron chi connectivity index (χ1n) is 9.38. The highest BCUT2D eigenvalue weighted by atomic mass is 16.6. The van der Waals surface area contributed by atoms with Crippen molar-refractivity contribution >= 4 is 36.7 Å². The van der Waals surface area contributed by atoms with Crippen LogP contribution in [-0.4, -0.2) is 38.7 Å². The molecule has 0 atom stereocenters. The van der Waals surface area contributed by atoms with Gasteiger partial charge in [0.2, 0.25) is 0 Å². The summed E-state index contributed by atoms with van der Waals surface area (Å²) in [6, 6.07) is 9.42. The lowest BCUT2D eigenvalue weighted by molar-refractivity contribution is -0.132. The molecule has 0 spiro atoms. The van der Waals surface area contributed by atoms with Crippen molar-refractivity contribution in [3.8, 4) is 23.0 Å². The van der Waals surface area contributed by atoms with Crippen LogP contribution in [0.15, 0.2) is 47.5 Å². The fourth-order valence-corrected chi connectivity index (χ4v) is 2.76. The average Bonchev–Trinajstić information content (AvgIpc) is 2.77. The van der Waals surface area contributed by atoms with E-state index in [-0.39, 0.29) is 22.6 Å². The maximum absolute atomic E-state index is 11.7. The zero-order chi connectivity index (χ0) is 23.7. The summed E-state index contributed by atoms with van der Waals surface area (Å²) in [5, 5.41) is 0. The van der Waals surface area contributed by atoms with Crippen LogP contribution in [-0.2, 0) is 19.2 Å². The van der Waals surface area contributed by atoms with Crippen molar-refractivity contribution in [3.63, 3.8) is 0 Å². The summed E-state index contributed by atoms with van der Waals surface area (Å²) < 4.78 is 20.6. The number of carbonyl (C=O) groups excluding carboxylic acids is 4. The third kappa shape index (κ3) is 6.40. The molecule has 0 bridgehead atoms. The first-order chi connectivity index (χ1) is 15.3. The second-order valence-electron chi connectivity index (χ2n) is 6.44. The summed E-state index contributed by atoms with van der Waals surface area (Å²) in [6.07, 6.45) is 4.10. The minimum Gasteiger partial charge on any atom is -0.493 e. The second kappa shape index (κ2) is 11.3. The molecule has 8 heteroatoms. The predicted octanol–water partition coefficient (Wildman–Crippen LogP) is 3.42. The number of methoxy groups -OCH3 is 2. The van der Waals surface area contributed by atoms with Crippen molar-refractivity contribution in [2.24, 2.45) is 0 Å². The second-order valence-corrected chi connectivity index (χ2v) is 6.44. The van der Waals surface area contributed by atoms with Gasteiger partial charge in [-0.1, -0.05) is 12.1 Å². The smallest absolute Gasteiger partial charge is 0.308 e. The predicted molar refractivity (Wildman–Crippen MR) is 117 cm³/mol. The Morgan fingerprint density at radius 2 is 1.03 bits per heavy atom. The minimum absolute atomic E-state index is 0.116. The van der Waals surface area contributed by atoms with Gasteiger partial charge in [0.1, 0.15) is 0 Å². The Hall–Kier alpha value is -4.20. The van der Waals surface area contributed by atoms with E-state index in [4.69, 9.17) is 18.9 Å². The fourth-order valence-electron chi connectivity index (χ4n) is 2.76. The molecule has 0 saturated carbocycles. The van der Waals surface area contributed by atoms with Crippen LogP contribution in [0.1, 0.15) is 25.0 Å². The molecular formula is C24H22O8. The Bertz CT molecular complexity index is 1010. The topological polar surface area (TPSA) is 105 Å². The number of allylic oxidation sites excluding steroid dienone is 2. The molecule has 0 unspecified atom stereocenters. The van der Waals surface area contributed by atoms with E-state index in [1.165, 1.54) is 52.4 Å². The highest BCUT2D eigenvalue weighted by molar-refractivity contribution is 6.02. The minimum atomic E-state index is -0.499. The highest BCUT2D eigenvalue weighted by Crippen LogP contribution is 2.31. The summed E-state index contributed by atoms with van der Waals surface area (Å²) in [6.45, 7) is 2.54. The van der Waals surface area contributed by atoms with Crippen LogP contribution in [0.2, 0.25) is 0 Å². The molecular weight excluding hydrogens is 416 g/mol. The summed E-state index contributed by atoms with van der Waals surface area (Å²) in [5.41, 5.74) is 1.33. The van der Waals surface area contributed by atoms with Crippen molar-refractivity contribution in [2.45, 2.75) is 13.8 Å². The molecule has 0 amide bonds. The van der Waals surface area contributed by atoms with Crippen LogP contribution in [0.4, 0.5) is 0 Å². The van der Waals surface area contributed by atoms with Crippen LogP contribution in [0.5, 0.6) is 23.0 Å². The van der Waals surface area contributed by atoms with Crippen molar-refractivity contribution in [1.29, 1.82) is 0 Å². The van der Waals surface area contributed by atoms with Gasteiger partial charge in [-0.25, -0.2) is 0 Å². The van der Waals surface area contributed by atoms with E-state index >= 15 is 0 Å². The van der Waals surface area contributed by atoms with Gasteiger partial charge >= 0.3 is 11.9 Å². The Kier molecular flexibility index (Phi) is 8.47. The normalized spacial score (nSPS) is 11.4. The number of ether oxygens (including phenoxy) is 4. The number of hydrogen-bond acceptors (Lipinski definition) is 8. The van der Waals surface area contributed by atoms with Crippen molar-refractivity contribution in [2.75, 3.05) is 14.2 Å². The first kappa shape index (κ1) is 24.1. The lowest BCUT2D eigenvalue weighted by Crippen LogP contribution is -2.03. The number of carbonyl (C=O) groups is 4. The molecule has 0 heterocycles. The van der Waals surface area contributed by atoms with E-state index in [1.54, 1.807) is 24.3 Å². The van der Waals surface area contributed by atoms with Crippen molar-refractivity contribution < 1.29 is 38.1 Å². The van der Waals surface area contributed by atoms with Gasteiger partial charge in [0.25, 0.3) is 0 Å². The summed E-state index contributed by atoms with van der Waals surface area (Å²) >= 11 is 0. The summed E-state index contributed by atoms with van der Waals surface area (Å²) in [4.78, 5) is 45.8. The Labute approximate surface area is 185 Å². The molecule has 166 valence electrons. The van der Waals surface area contributed by atoms with E-state index in [0.717, 1.165) is 0 Å². The lowest BCUT2D eigenvalue weighted by atomic mass is 10.0. The molecule has 0 aromatic heterocycles. The molecule has 8 nitrogen and oxygen atoms in total. The Balaban J connectivity index is 2.44. The molecule has 0 radical (unpaired) electrons. The monoisotopic (exact) mass is 438 g/mol. The van der Waals surface area contributed by atoms with Crippen molar-refractivity contribution in [3.05, 3.63) is 58.7 Å². The fraction of sp³-hybridized carbons (Fsp3) is 0.167. The van der Waals surface area contributed by atoms with Gasteiger partial charge in [-0.05, 0) is 47.5 Å². The largest absolute Gasteiger partial charge is 0.493 e. The third-order valence-electron chi connectivity index (χ3n) is 4.11. The standard InChI is InChI=1S/C24H22O8/c1-15(27)31-21-7-5-17(11-23(21)29-3)9-19(13-25)20(14-26)10-18-6-8-22(32-16(2)28)24(12-18)30-4/h5-14H,1-4H3. The zero-order valence-electron chi connectivity index (χ0n) is 18.0. The number of rotatable bonds is 9. The van der Waals surface area contributed by atoms with Gasteiger partial charge in [0.05, 0.1) is 14.2 Å². The highest BCUT2D eigenvalue weighted by Gasteiger charge is 2.11. The first-order valence-corrected chi connectivity index (χ1v) is 9.38. The SMILES string of the molecule is COc1cc(C=C(C=O)C(C=O)=Cc2ccc(OC(C)=O)c(OC)c2)ccc1OC(C)=O. The molecule has 0 N–H and O–H groups in total. The van der Waals surface area contributed by atoms with E-state index < -0.39 is 11.9 Å². The number of benzene rings is 2. The Morgan fingerprint density at radius 1 is 0.656 bits per heavy atom. The van der Waals surface area contributed by atoms with Crippen LogP contribution in [0.25, 0.3) is 12.2 Å². The number of esters is 2. The average molecular weight is 438 g/mol. The quantitative estimate of drug-likeness (QED) is 0.193. The van der Waals surface area contributed by atoms with E-state index in [1.807, 2.05) is 0 Å². The van der Waals surface area contributed by atoms with E-state index in [0.29, 0.717) is 35.2 Å². The lowest BCUT2D eigenvalue weighted by Gasteiger charge is -2.10. The van der Waals surface area contributed by atoms with E-state index in [2.05, 4.69) is 0 Å². The third-order valence-corrected chi connectivity index (χ3v) is 4.11. The van der Waals surface area contributed by atoms with Gasteiger partial charge in [0.15, 0.2) is 35.6 Å². The Morgan fingerprint density at radius 3 is 1.31 bits per heavy atom. The summed E-state index contributed by atoms with van der Waals surface area (Å²) in [5.74, 6) is 0.0538.